The number of aromatic nitrogens is 3. The van der Waals surface area contributed by atoms with Crippen LogP contribution < -0.4 is 5.32 Å². The highest BCUT2D eigenvalue weighted by Gasteiger charge is 2.21. The van der Waals surface area contributed by atoms with Gasteiger partial charge in [-0.3, -0.25) is 4.68 Å². The molecule has 0 amide bonds. The SMILES string of the molecule is CCCn1cc(N[C@@H](C)c2ncc(C(C)(C)C)o2)cn1. The third-order valence-corrected chi connectivity index (χ3v) is 3.10. The molecule has 2 heterocycles. The van der Waals surface area contributed by atoms with Crippen molar-refractivity contribution >= 4 is 5.69 Å². The molecule has 0 fully saturated rings. The van der Waals surface area contributed by atoms with E-state index in [1.54, 1.807) is 0 Å². The first kappa shape index (κ1) is 14.6. The number of nitrogens with zero attached hydrogens (tertiary/aromatic N) is 3. The van der Waals surface area contributed by atoms with Gasteiger partial charge in [-0.05, 0) is 13.3 Å². The zero-order chi connectivity index (χ0) is 14.8. The molecule has 0 unspecified atom stereocenters. The molecule has 20 heavy (non-hydrogen) atoms. The van der Waals surface area contributed by atoms with Gasteiger partial charge in [0.05, 0.1) is 18.1 Å². The van der Waals surface area contributed by atoms with Crippen molar-refractivity contribution < 1.29 is 4.42 Å². The van der Waals surface area contributed by atoms with Crippen molar-refractivity contribution in [1.29, 1.82) is 0 Å². The minimum absolute atomic E-state index is 0.0169. The Morgan fingerprint density at radius 3 is 2.70 bits per heavy atom. The molecule has 0 spiro atoms. The molecule has 0 aliphatic rings. The van der Waals surface area contributed by atoms with Gasteiger partial charge in [-0.1, -0.05) is 27.7 Å². The average molecular weight is 276 g/mol. The Balaban J connectivity index is 2.03. The van der Waals surface area contributed by atoms with Gasteiger partial charge in [0.15, 0.2) is 0 Å². The van der Waals surface area contributed by atoms with Gasteiger partial charge >= 0.3 is 0 Å². The van der Waals surface area contributed by atoms with E-state index in [9.17, 15) is 0 Å². The van der Waals surface area contributed by atoms with E-state index >= 15 is 0 Å². The summed E-state index contributed by atoms with van der Waals surface area (Å²) in [5.74, 6) is 1.61. The minimum Gasteiger partial charge on any atom is -0.443 e. The fourth-order valence-electron chi connectivity index (χ4n) is 1.94. The van der Waals surface area contributed by atoms with Crippen molar-refractivity contribution in [2.45, 2.75) is 59.0 Å². The quantitative estimate of drug-likeness (QED) is 0.903. The van der Waals surface area contributed by atoms with Crippen LogP contribution in [0.3, 0.4) is 0 Å². The Morgan fingerprint density at radius 1 is 1.35 bits per heavy atom. The van der Waals surface area contributed by atoms with Crippen LogP contribution in [0.1, 0.15) is 58.7 Å². The van der Waals surface area contributed by atoms with Gasteiger partial charge < -0.3 is 9.73 Å². The van der Waals surface area contributed by atoms with E-state index in [1.165, 1.54) is 0 Å². The standard InChI is InChI=1S/C15H24N4O/c1-6-7-19-10-12(8-17-19)18-11(2)14-16-9-13(20-14)15(3,4)5/h8-11,18H,6-7H2,1-5H3/t11-/m0/s1. The molecule has 0 aliphatic heterocycles. The van der Waals surface area contributed by atoms with E-state index in [4.69, 9.17) is 4.42 Å². The molecule has 1 atom stereocenters. The summed E-state index contributed by atoms with van der Waals surface area (Å²) in [5.41, 5.74) is 0.971. The highest BCUT2D eigenvalue weighted by atomic mass is 16.4. The predicted molar refractivity (Wildman–Crippen MR) is 79.8 cm³/mol. The molecule has 5 nitrogen and oxygen atoms in total. The van der Waals surface area contributed by atoms with Crippen molar-refractivity contribution in [2.75, 3.05) is 5.32 Å². The number of aryl methyl sites for hydroxylation is 1. The maximum atomic E-state index is 5.84. The van der Waals surface area contributed by atoms with E-state index < -0.39 is 0 Å². The Bertz CT molecular complexity index is 550. The molecule has 110 valence electrons. The summed E-state index contributed by atoms with van der Waals surface area (Å²) in [5, 5.41) is 7.66. The van der Waals surface area contributed by atoms with Gasteiger partial charge in [0.2, 0.25) is 5.89 Å². The van der Waals surface area contributed by atoms with E-state index in [0.29, 0.717) is 5.89 Å². The maximum Gasteiger partial charge on any atom is 0.216 e. The fraction of sp³-hybridized carbons (Fsp3) is 0.600. The van der Waals surface area contributed by atoms with E-state index in [0.717, 1.165) is 24.4 Å². The van der Waals surface area contributed by atoms with E-state index in [2.05, 4.69) is 43.1 Å². The monoisotopic (exact) mass is 276 g/mol. The molecule has 0 bridgehead atoms. The zero-order valence-corrected chi connectivity index (χ0v) is 13.0. The third-order valence-electron chi connectivity index (χ3n) is 3.10. The average Bonchev–Trinajstić information content (AvgIpc) is 2.97. The number of anilines is 1. The summed E-state index contributed by atoms with van der Waals surface area (Å²) >= 11 is 0. The van der Waals surface area contributed by atoms with Gasteiger partial charge in [-0.25, -0.2) is 4.98 Å². The lowest BCUT2D eigenvalue weighted by atomic mass is 9.94. The van der Waals surface area contributed by atoms with Gasteiger partial charge in [-0.15, -0.1) is 0 Å². The van der Waals surface area contributed by atoms with Crippen LogP contribution >= 0.6 is 0 Å². The second-order valence-corrected chi connectivity index (χ2v) is 6.17. The summed E-state index contributed by atoms with van der Waals surface area (Å²) in [6.07, 6.45) is 6.73. The van der Waals surface area contributed by atoms with Crippen LogP contribution in [0.4, 0.5) is 5.69 Å². The summed E-state index contributed by atoms with van der Waals surface area (Å²) in [7, 11) is 0. The van der Waals surface area contributed by atoms with Crippen LogP contribution in [0.5, 0.6) is 0 Å². The molecule has 1 N–H and O–H groups in total. The molecular weight excluding hydrogens is 252 g/mol. The topological polar surface area (TPSA) is 55.9 Å². The lowest BCUT2D eigenvalue weighted by Crippen LogP contribution is -2.10. The van der Waals surface area contributed by atoms with Crippen molar-refractivity contribution in [3.63, 3.8) is 0 Å². The lowest BCUT2D eigenvalue weighted by molar-refractivity contribution is 0.374. The first-order valence-corrected chi connectivity index (χ1v) is 7.15. The number of nitrogens with one attached hydrogen (secondary N) is 1. The molecule has 2 aromatic rings. The molecule has 0 saturated carbocycles. The van der Waals surface area contributed by atoms with Crippen LogP contribution in [-0.2, 0) is 12.0 Å². The molecule has 2 aromatic heterocycles. The normalized spacial score (nSPS) is 13.4. The Hall–Kier alpha value is -1.78. The fourth-order valence-corrected chi connectivity index (χ4v) is 1.94. The minimum atomic E-state index is -0.0169. The van der Waals surface area contributed by atoms with Gasteiger partial charge in [0.25, 0.3) is 0 Å². The van der Waals surface area contributed by atoms with Crippen LogP contribution in [0.25, 0.3) is 0 Å². The molecule has 5 heteroatoms. The maximum absolute atomic E-state index is 5.84. The van der Waals surface area contributed by atoms with Crippen LogP contribution in [0.15, 0.2) is 23.0 Å². The first-order valence-electron chi connectivity index (χ1n) is 7.15. The summed E-state index contributed by atoms with van der Waals surface area (Å²) in [6, 6.07) is 0.0189. The molecule has 0 saturated heterocycles. The summed E-state index contributed by atoms with van der Waals surface area (Å²) in [6.45, 7) is 11.5. The largest absolute Gasteiger partial charge is 0.443 e. The number of rotatable bonds is 5. The van der Waals surface area contributed by atoms with Crippen LogP contribution in [0.2, 0.25) is 0 Å². The second kappa shape index (κ2) is 5.69. The predicted octanol–water partition coefficient (Wildman–Crippen LogP) is 3.75. The smallest absolute Gasteiger partial charge is 0.216 e. The Kier molecular flexibility index (Phi) is 4.16. The lowest BCUT2D eigenvalue weighted by Gasteiger charge is -2.14. The van der Waals surface area contributed by atoms with Crippen LogP contribution in [0, 0.1) is 0 Å². The Labute approximate surface area is 120 Å². The summed E-state index contributed by atoms with van der Waals surface area (Å²) in [4.78, 5) is 4.37. The molecular formula is C15H24N4O. The van der Waals surface area contributed by atoms with Crippen molar-refractivity contribution in [3.05, 3.63) is 30.2 Å². The van der Waals surface area contributed by atoms with Crippen molar-refractivity contribution in [2.24, 2.45) is 0 Å². The molecule has 0 radical (unpaired) electrons. The summed E-state index contributed by atoms with van der Waals surface area (Å²) < 4.78 is 7.77. The van der Waals surface area contributed by atoms with Gasteiger partial charge in [0, 0.05) is 18.2 Å². The van der Waals surface area contributed by atoms with Crippen LogP contribution in [-0.4, -0.2) is 14.8 Å². The Morgan fingerprint density at radius 2 is 2.10 bits per heavy atom. The highest BCUT2D eigenvalue weighted by molar-refractivity contribution is 5.39. The first-order chi connectivity index (χ1) is 9.40. The molecule has 2 rings (SSSR count). The van der Waals surface area contributed by atoms with Gasteiger partial charge in [-0.2, -0.15) is 5.10 Å². The van der Waals surface area contributed by atoms with Gasteiger partial charge in [0.1, 0.15) is 11.8 Å². The highest BCUT2D eigenvalue weighted by Crippen LogP contribution is 2.26. The number of hydrogen-bond donors (Lipinski definition) is 1. The van der Waals surface area contributed by atoms with E-state index in [1.807, 2.05) is 30.2 Å². The number of oxazole rings is 1. The second-order valence-electron chi connectivity index (χ2n) is 6.17. The zero-order valence-electron chi connectivity index (χ0n) is 13.0. The molecule has 0 aliphatic carbocycles. The van der Waals surface area contributed by atoms with Crippen molar-refractivity contribution in [1.82, 2.24) is 14.8 Å². The van der Waals surface area contributed by atoms with Crippen molar-refractivity contribution in [3.8, 4) is 0 Å². The molecule has 0 aromatic carbocycles. The third kappa shape index (κ3) is 3.40. The van der Waals surface area contributed by atoms with E-state index in [-0.39, 0.29) is 11.5 Å². The number of hydrogen-bond acceptors (Lipinski definition) is 4.